The molecule has 0 fully saturated rings. The van der Waals surface area contributed by atoms with Crippen LogP contribution in [-0.2, 0) is 0 Å². The van der Waals surface area contributed by atoms with Crippen molar-refractivity contribution in [1.82, 2.24) is 9.97 Å². The second-order valence-electron chi connectivity index (χ2n) is 4.42. The first-order chi connectivity index (χ1) is 9.11. The summed E-state index contributed by atoms with van der Waals surface area (Å²) < 4.78 is 1.04. The molecule has 0 radical (unpaired) electrons. The maximum absolute atomic E-state index is 5.50. The highest BCUT2D eigenvalue weighted by Gasteiger charge is 2.14. The maximum atomic E-state index is 5.50. The van der Waals surface area contributed by atoms with Crippen LogP contribution >= 0.6 is 15.9 Å². The molecule has 0 aliphatic carbocycles. The highest BCUT2D eigenvalue weighted by Crippen LogP contribution is 2.30. The van der Waals surface area contributed by atoms with Crippen LogP contribution in [0.25, 0.3) is 0 Å². The molecule has 4 N–H and O–H groups in total. The summed E-state index contributed by atoms with van der Waals surface area (Å²) in [5, 5.41) is 3.29. The predicted molar refractivity (Wildman–Crippen MR) is 81.4 cm³/mol. The first-order valence-electron chi connectivity index (χ1n) is 5.96. The van der Waals surface area contributed by atoms with E-state index in [1.54, 1.807) is 0 Å². The van der Waals surface area contributed by atoms with Crippen molar-refractivity contribution >= 4 is 33.3 Å². The minimum absolute atomic E-state index is 0.255. The van der Waals surface area contributed by atoms with Crippen molar-refractivity contribution in [3.63, 3.8) is 0 Å². The third-order valence-corrected chi connectivity index (χ3v) is 3.23. The lowest BCUT2D eigenvalue weighted by molar-refractivity contribution is 0.850. The zero-order valence-electron chi connectivity index (χ0n) is 10.8. The third-order valence-electron chi connectivity index (χ3n) is 2.70. The highest BCUT2D eigenvalue weighted by molar-refractivity contribution is 9.10. The number of hydrazine groups is 1. The number of nitrogen functional groups attached to an aromatic ring is 1. The van der Waals surface area contributed by atoms with Gasteiger partial charge in [0, 0.05) is 15.7 Å². The molecule has 1 heterocycles. The van der Waals surface area contributed by atoms with Crippen molar-refractivity contribution in [2.24, 2.45) is 5.84 Å². The molecule has 1 aromatic carbocycles. The summed E-state index contributed by atoms with van der Waals surface area (Å²) in [5.41, 5.74) is 4.54. The number of hydrogen-bond donors (Lipinski definition) is 3. The minimum Gasteiger partial charge on any atom is -0.340 e. The van der Waals surface area contributed by atoms with E-state index in [2.05, 4.69) is 50.5 Å². The average Bonchev–Trinajstić information content (AvgIpc) is 2.40. The Balaban J connectivity index is 2.36. The third kappa shape index (κ3) is 3.21. The zero-order valence-corrected chi connectivity index (χ0v) is 12.4. The molecule has 100 valence electrons. The fourth-order valence-corrected chi connectivity index (χ4v) is 2.09. The van der Waals surface area contributed by atoms with Gasteiger partial charge < -0.3 is 10.7 Å². The molecular weight excluding hydrogens is 306 g/mol. The fraction of sp³-hybridized carbons (Fsp3) is 0.231. The van der Waals surface area contributed by atoms with Gasteiger partial charge in [-0.05, 0) is 30.2 Å². The van der Waals surface area contributed by atoms with Crippen LogP contribution in [0.4, 0.5) is 17.3 Å². The minimum atomic E-state index is 0.255. The lowest BCUT2D eigenvalue weighted by Gasteiger charge is -2.16. The summed E-state index contributed by atoms with van der Waals surface area (Å²) in [4.78, 5) is 8.44. The molecule has 0 saturated carbocycles. The Hall–Kier alpha value is -1.66. The van der Waals surface area contributed by atoms with Gasteiger partial charge in [0.1, 0.15) is 18.0 Å². The van der Waals surface area contributed by atoms with Gasteiger partial charge in [0.25, 0.3) is 0 Å². The van der Waals surface area contributed by atoms with Gasteiger partial charge in [-0.2, -0.15) is 0 Å². The van der Waals surface area contributed by atoms with Crippen LogP contribution in [0.3, 0.4) is 0 Å². The molecule has 0 aliphatic rings. The van der Waals surface area contributed by atoms with Crippen LogP contribution in [0.2, 0.25) is 0 Å². The maximum Gasteiger partial charge on any atom is 0.148 e. The van der Waals surface area contributed by atoms with E-state index < -0.39 is 0 Å². The topological polar surface area (TPSA) is 75.9 Å². The summed E-state index contributed by atoms with van der Waals surface area (Å²) in [6, 6.07) is 7.90. The summed E-state index contributed by atoms with van der Waals surface area (Å²) in [5.74, 6) is 7.16. The SMILES string of the molecule is CC(C)c1c(NN)ncnc1Nc1ccc(Br)cc1. The molecule has 19 heavy (non-hydrogen) atoms. The van der Waals surface area contributed by atoms with Crippen molar-refractivity contribution in [1.29, 1.82) is 0 Å². The van der Waals surface area contributed by atoms with Gasteiger partial charge in [-0.1, -0.05) is 29.8 Å². The van der Waals surface area contributed by atoms with E-state index in [4.69, 9.17) is 5.84 Å². The standard InChI is InChI=1S/C13H16BrN5/c1-8(2)11-12(16-7-17-13(11)19-15)18-10-5-3-9(14)4-6-10/h3-8H,15H2,1-2H3,(H2,16,17,18,19). The molecular formula is C13H16BrN5. The van der Waals surface area contributed by atoms with Crippen LogP contribution in [0.5, 0.6) is 0 Å². The second-order valence-corrected chi connectivity index (χ2v) is 5.33. The molecule has 6 heteroatoms. The monoisotopic (exact) mass is 321 g/mol. The highest BCUT2D eigenvalue weighted by atomic mass is 79.9. The first kappa shape index (κ1) is 13.8. The second kappa shape index (κ2) is 5.99. The van der Waals surface area contributed by atoms with E-state index in [1.165, 1.54) is 6.33 Å². The Bertz CT molecular complexity index is 553. The molecule has 5 nitrogen and oxygen atoms in total. The molecule has 0 amide bonds. The Morgan fingerprint density at radius 2 is 1.74 bits per heavy atom. The molecule has 1 aromatic heterocycles. The predicted octanol–water partition coefficient (Wildman–Crippen LogP) is 3.39. The number of hydrogen-bond acceptors (Lipinski definition) is 5. The van der Waals surface area contributed by atoms with Crippen molar-refractivity contribution in [2.75, 3.05) is 10.7 Å². The molecule has 0 atom stereocenters. The van der Waals surface area contributed by atoms with E-state index >= 15 is 0 Å². The molecule has 2 aromatic rings. The van der Waals surface area contributed by atoms with Gasteiger partial charge in [-0.25, -0.2) is 15.8 Å². The molecule has 0 unspecified atom stereocenters. The summed E-state index contributed by atoms with van der Waals surface area (Å²) in [6.07, 6.45) is 1.49. The lowest BCUT2D eigenvalue weighted by Crippen LogP contribution is -2.14. The van der Waals surface area contributed by atoms with E-state index in [1.807, 2.05) is 24.3 Å². The van der Waals surface area contributed by atoms with Gasteiger partial charge >= 0.3 is 0 Å². The molecule has 0 saturated heterocycles. The van der Waals surface area contributed by atoms with Crippen LogP contribution in [-0.4, -0.2) is 9.97 Å². The summed E-state index contributed by atoms with van der Waals surface area (Å²) in [7, 11) is 0. The molecule has 2 rings (SSSR count). The average molecular weight is 322 g/mol. The Kier molecular flexibility index (Phi) is 4.34. The van der Waals surface area contributed by atoms with Crippen LogP contribution in [0, 0.1) is 0 Å². The number of halogens is 1. The summed E-state index contributed by atoms with van der Waals surface area (Å²) >= 11 is 3.41. The molecule has 0 aliphatic heterocycles. The number of nitrogens with one attached hydrogen (secondary N) is 2. The quantitative estimate of drug-likeness (QED) is 0.594. The fourth-order valence-electron chi connectivity index (χ4n) is 1.83. The largest absolute Gasteiger partial charge is 0.340 e. The number of rotatable bonds is 4. The zero-order chi connectivity index (χ0) is 13.8. The van der Waals surface area contributed by atoms with E-state index in [-0.39, 0.29) is 5.92 Å². The van der Waals surface area contributed by atoms with E-state index in [0.717, 1.165) is 21.5 Å². The Labute approximate surface area is 120 Å². The van der Waals surface area contributed by atoms with Crippen molar-refractivity contribution < 1.29 is 0 Å². The normalized spacial score (nSPS) is 10.6. The molecule has 0 bridgehead atoms. The number of benzene rings is 1. The van der Waals surface area contributed by atoms with Crippen LogP contribution in [0.15, 0.2) is 35.1 Å². The Morgan fingerprint density at radius 3 is 2.32 bits per heavy atom. The van der Waals surface area contributed by atoms with Crippen molar-refractivity contribution in [3.05, 3.63) is 40.6 Å². The van der Waals surface area contributed by atoms with Crippen molar-refractivity contribution in [3.8, 4) is 0 Å². The summed E-state index contributed by atoms with van der Waals surface area (Å²) in [6.45, 7) is 4.15. The van der Waals surface area contributed by atoms with Crippen LogP contribution in [0.1, 0.15) is 25.3 Å². The van der Waals surface area contributed by atoms with Gasteiger partial charge in [-0.15, -0.1) is 0 Å². The smallest absolute Gasteiger partial charge is 0.148 e. The van der Waals surface area contributed by atoms with Gasteiger partial charge in [0.2, 0.25) is 0 Å². The van der Waals surface area contributed by atoms with Gasteiger partial charge in [-0.3, -0.25) is 0 Å². The van der Waals surface area contributed by atoms with Gasteiger partial charge in [0.05, 0.1) is 0 Å². The molecule has 0 spiro atoms. The van der Waals surface area contributed by atoms with Crippen molar-refractivity contribution in [2.45, 2.75) is 19.8 Å². The number of aromatic nitrogens is 2. The van der Waals surface area contributed by atoms with E-state index in [9.17, 15) is 0 Å². The first-order valence-corrected chi connectivity index (χ1v) is 6.75. The van der Waals surface area contributed by atoms with E-state index in [0.29, 0.717) is 5.82 Å². The number of nitrogens with two attached hydrogens (primary N) is 1. The van der Waals surface area contributed by atoms with Crippen LogP contribution < -0.4 is 16.6 Å². The number of nitrogens with zero attached hydrogens (tertiary/aromatic N) is 2. The lowest BCUT2D eigenvalue weighted by atomic mass is 10.0. The Morgan fingerprint density at radius 1 is 1.11 bits per heavy atom. The van der Waals surface area contributed by atoms with Gasteiger partial charge in [0.15, 0.2) is 0 Å². The number of anilines is 3.